The van der Waals surface area contributed by atoms with Gasteiger partial charge in [-0.05, 0) is 0 Å². The van der Waals surface area contributed by atoms with Crippen LogP contribution in [0.5, 0.6) is 0 Å². The van der Waals surface area contributed by atoms with Crippen molar-refractivity contribution in [1.82, 2.24) is 0 Å². The van der Waals surface area contributed by atoms with Gasteiger partial charge in [-0.15, -0.1) is 0 Å². The number of hydrogen-bond acceptors (Lipinski definition) is 0. The molecular formula is C28H34Sn. The Bertz CT molecular complexity index is 789. The van der Waals surface area contributed by atoms with Crippen molar-refractivity contribution < 1.29 is 0 Å². The van der Waals surface area contributed by atoms with Crippen molar-refractivity contribution in [1.29, 1.82) is 0 Å². The quantitative estimate of drug-likeness (QED) is 0.409. The summed E-state index contributed by atoms with van der Waals surface area (Å²) in [5.41, 5.74) is 0. The van der Waals surface area contributed by atoms with Crippen molar-refractivity contribution in [2.45, 2.75) is 44.0 Å². The molecule has 0 radical (unpaired) electrons. The molecule has 3 aromatic carbocycles. The van der Waals surface area contributed by atoms with Crippen molar-refractivity contribution in [3.05, 3.63) is 91.0 Å². The minimum absolute atomic E-state index is 0.736. The third-order valence-corrected chi connectivity index (χ3v) is 23.0. The van der Waals surface area contributed by atoms with E-state index in [9.17, 15) is 0 Å². The van der Waals surface area contributed by atoms with E-state index >= 15 is 0 Å². The Balaban J connectivity index is 2.05. The molecule has 0 nitrogen and oxygen atoms in total. The van der Waals surface area contributed by atoms with Crippen molar-refractivity contribution in [2.75, 3.05) is 0 Å². The Hall–Kier alpha value is -1.54. The van der Waals surface area contributed by atoms with E-state index in [-0.39, 0.29) is 0 Å². The Morgan fingerprint density at radius 3 is 1.45 bits per heavy atom. The van der Waals surface area contributed by atoms with Gasteiger partial charge in [0.1, 0.15) is 0 Å². The van der Waals surface area contributed by atoms with Crippen molar-refractivity contribution in [3.63, 3.8) is 0 Å². The van der Waals surface area contributed by atoms with E-state index in [2.05, 4.69) is 112 Å². The van der Waals surface area contributed by atoms with E-state index in [0.29, 0.717) is 0 Å². The van der Waals surface area contributed by atoms with Gasteiger partial charge in [0.05, 0.1) is 0 Å². The van der Waals surface area contributed by atoms with E-state index < -0.39 is 18.4 Å². The molecule has 3 atom stereocenters. The zero-order chi connectivity index (χ0) is 20.3. The summed E-state index contributed by atoms with van der Waals surface area (Å²) in [7, 11) is 0. The van der Waals surface area contributed by atoms with Crippen molar-refractivity contribution in [3.8, 4) is 0 Å². The van der Waals surface area contributed by atoms with Crippen LogP contribution >= 0.6 is 0 Å². The Morgan fingerprint density at radius 2 is 1.07 bits per heavy atom. The zero-order valence-corrected chi connectivity index (χ0v) is 20.9. The normalized spacial score (nSPS) is 22.6. The van der Waals surface area contributed by atoms with Gasteiger partial charge < -0.3 is 0 Å². The molecule has 0 heterocycles. The minimum atomic E-state index is -3.25. The molecule has 0 N–H and O–H groups in total. The van der Waals surface area contributed by atoms with E-state index in [4.69, 9.17) is 0 Å². The molecule has 1 saturated carbocycles. The molecule has 4 rings (SSSR count). The SMILES string of the molecule is CC(C)[C@@H]1CC[C@@H](C)C[C@H]1[Sn]([c]1ccccc1)([c]1ccccc1)[c]1ccccc1. The zero-order valence-electron chi connectivity index (χ0n) is 18.1. The molecule has 29 heavy (non-hydrogen) atoms. The maximum absolute atomic E-state index is 3.25. The molecule has 0 aliphatic heterocycles. The molecule has 150 valence electrons. The first-order valence-corrected chi connectivity index (χ1v) is 17.2. The van der Waals surface area contributed by atoms with Crippen molar-refractivity contribution >= 4 is 29.1 Å². The summed E-state index contributed by atoms with van der Waals surface area (Å²) in [6, 6.07) is 34.9. The van der Waals surface area contributed by atoms with Crippen LogP contribution in [-0.2, 0) is 0 Å². The van der Waals surface area contributed by atoms with Crippen LogP contribution in [0.15, 0.2) is 91.0 Å². The molecule has 0 amide bonds. The molecule has 1 aliphatic rings. The predicted octanol–water partition coefficient (Wildman–Crippen LogP) is 5.62. The van der Waals surface area contributed by atoms with Gasteiger partial charge in [-0.1, -0.05) is 0 Å². The Morgan fingerprint density at radius 1 is 0.655 bits per heavy atom. The summed E-state index contributed by atoms with van der Waals surface area (Å²) in [5, 5.41) is 0. The molecule has 0 spiro atoms. The van der Waals surface area contributed by atoms with Gasteiger partial charge in [0.2, 0.25) is 0 Å². The van der Waals surface area contributed by atoms with Gasteiger partial charge in [-0.25, -0.2) is 0 Å². The fraction of sp³-hybridized carbons (Fsp3) is 0.357. The summed E-state index contributed by atoms with van der Waals surface area (Å²) in [6.07, 6.45) is 4.14. The molecule has 3 aromatic rings. The molecule has 0 bridgehead atoms. The first kappa shape index (κ1) is 20.7. The number of rotatable bonds is 5. The summed E-state index contributed by atoms with van der Waals surface area (Å²) in [6.45, 7) is 7.41. The fourth-order valence-corrected chi connectivity index (χ4v) is 24.2. The second kappa shape index (κ2) is 9.08. The summed E-state index contributed by atoms with van der Waals surface area (Å²) < 4.78 is 5.72. The number of hydrogen-bond donors (Lipinski definition) is 0. The van der Waals surface area contributed by atoms with E-state index in [1.807, 2.05) is 0 Å². The topological polar surface area (TPSA) is 0 Å². The van der Waals surface area contributed by atoms with Crippen LogP contribution in [0.2, 0.25) is 3.93 Å². The van der Waals surface area contributed by atoms with E-state index in [0.717, 1.165) is 21.7 Å². The maximum atomic E-state index is 2.49. The average molecular weight is 489 g/mol. The molecular weight excluding hydrogens is 455 g/mol. The second-order valence-corrected chi connectivity index (χ2v) is 21.0. The van der Waals surface area contributed by atoms with Gasteiger partial charge in [0, 0.05) is 0 Å². The standard InChI is InChI=1S/C10H19.3C6H5.Sn/c1-8(2)10-6-4-9(3)5-7-10;3*1-2-4-6-5-3-1;/h6,8-10H,4-5,7H2,1-3H3;3*1-5H;/t9-,10-;;;;/m0..../s1. The van der Waals surface area contributed by atoms with Crippen LogP contribution in [0.4, 0.5) is 0 Å². The van der Waals surface area contributed by atoms with Gasteiger partial charge in [-0.2, -0.15) is 0 Å². The van der Waals surface area contributed by atoms with Crippen LogP contribution in [0.1, 0.15) is 40.0 Å². The van der Waals surface area contributed by atoms with Crippen LogP contribution in [0, 0.1) is 17.8 Å². The summed E-state index contributed by atoms with van der Waals surface area (Å²) >= 11 is -3.25. The predicted molar refractivity (Wildman–Crippen MR) is 129 cm³/mol. The van der Waals surface area contributed by atoms with Crippen LogP contribution < -0.4 is 10.7 Å². The molecule has 0 unspecified atom stereocenters. The van der Waals surface area contributed by atoms with Crippen LogP contribution in [0.25, 0.3) is 0 Å². The second-order valence-electron chi connectivity index (χ2n) is 9.34. The van der Waals surface area contributed by atoms with Gasteiger partial charge in [-0.3, -0.25) is 0 Å². The van der Waals surface area contributed by atoms with Crippen LogP contribution in [-0.4, -0.2) is 18.4 Å². The average Bonchev–Trinajstić information content (AvgIpc) is 2.77. The molecule has 1 aliphatic carbocycles. The third kappa shape index (κ3) is 3.93. The van der Waals surface area contributed by atoms with Crippen LogP contribution in [0.3, 0.4) is 0 Å². The van der Waals surface area contributed by atoms with E-state index in [1.54, 1.807) is 10.7 Å². The number of benzene rings is 3. The van der Waals surface area contributed by atoms with Crippen molar-refractivity contribution in [2.24, 2.45) is 17.8 Å². The van der Waals surface area contributed by atoms with Gasteiger partial charge >= 0.3 is 182 Å². The molecule has 1 fully saturated rings. The fourth-order valence-electron chi connectivity index (χ4n) is 5.95. The van der Waals surface area contributed by atoms with E-state index in [1.165, 1.54) is 19.3 Å². The van der Waals surface area contributed by atoms with Gasteiger partial charge in [0.25, 0.3) is 0 Å². The first-order chi connectivity index (χ1) is 14.1. The molecule has 1 heteroatoms. The Kier molecular flexibility index (Phi) is 6.49. The molecule has 0 aromatic heterocycles. The third-order valence-electron chi connectivity index (χ3n) is 7.27. The Labute approximate surface area is 181 Å². The summed E-state index contributed by atoms with van der Waals surface area (Å²) in [4.78, 5) is 0. The first-order valence-electron chi connectivity index (χ1n) is 11.3. The molecule has 0 saturated heterocycles. The van der Waals surface area contributed by atoms with Gasteiger partial charge in [0.15, 0.2) is 0 Å². The summed E-state index contributed by atoms with van der Waals surface area (Å²) in [5.74, 6) is 2.37. The monoisotopic (exact) mass is 490 g/mol.